The predicted molar refractivity (Wildman–Crippen MR) is 75.5 cm³/mol. The van der Waals surface area contributed by atoms with E-state index in [0.717, 1.165) is 24.1 Å². The molecule has 5 heteroatoms. The summed E-state index contributed by atoms with van der Waals surface area (Å²) in [5.41, 5.74) is 1.48. The molecule has 0 aliphatic heterocycles. The zero-order valence-corrected chi connectivity index (χ0v) is 11.5. The first-order chi connectivity index (χ1) is 9.54. The van der Waals surface area contributed by atoms with Gasteiger partial charge in [-0.25, -0.2) is 9.48 Å². The van der Waals surface area contributed by atoms with E-state index in [1.807, 2.05) is 24.3 Å². The number of para-hydroxylation sites is 1. The van der Waals surface area contributed by atoms with E-state index < -0.39 is 17.1 Å². The van der Waals surface area contributed by atoms with Crippen LogP contribution >= 0.6 is 0 Å². The topological polar surface area (TPSA) is 72.2 Å². The van der Waals surface area contributed by atoms with Gasteiger partial charge < -0.3 is 5.11 Å². The van der Waals surface area contributed by atoms with Gasteiger partial charge in [-0.15, -0.1) is 0 Å². The highest BCUT2D eigenvalue weighted by Crippen LogP contribution is 2.16. The summed E-state index contributed by atoms with van der Waals surface area (Å²) in [6, 6.07) is 8.97. The Kier molecular flexibility index (Phi) is 3.98. The maximum Gasteiger partial charge on any atom is 0.360 e. The fourth-order valence-corrected chi connectivity index (χ4v) is 2.14. The average molecular weight is 272 g/mol. The molecule has 0 radical (unpaired) electrons. The molecule has 0 aliphatic rings. The lowest BCUT2D eigenvalue weighted by atomic mass is 10.1. The van der Waals surface area contributed by atoms with Crippen LogP contribution in [0.3, 0.4) is 0 Å². The van der Waals surface area contributed by atoms with Crippen molar-refractivity contribution >= 4 is 5.97 Å². The normalized spacial score (nSPS) is 10.5. The van der Waals surface area contributed by atoms with Gasteiger partial charge in [0.15, 0.2) is 0 Å². The van der Waals surface area contributed by atoms with Crippen LogP contribution < -0.4 is 5.43 Å². The van der Waals surface area contributed by atoms with Crippen LogP contribution in [0, 0.1) is 6.92 Å². The average Bonchev–Trinajstić information content (AvgIpc) is 2.40. The van der Waals surface area contributed by atoms with Crippen molar-refractivity contribution in [2.45, 2.75) is 26.7 Å². The Morgan fingerprint density at radius 1 is 1.35 bits per heavy atom. The second-order valence-electron chi connectivity index (χ2n) is 4.59. The van der Waals surface area contributed by atoms with Crippen LogP contribution in [0.25, 0.3) is 5.69 Å². The Hall–Kier alpha value is -2.43. The number of aromatic nitrogens is 2. The van der Waals surface area contributed by atoms with Gasteiger partial charge in [0.2, 0.25) is 11.1 Å². The lowest BCUT2D eigenvalue weighted by Gasteiger charge is -2.14. The molecule has 1 N–H and O–H groups in total. The number of carboxylic acids is 1. The number of rotatable bonds is 4. The van der Waals surface area contributed by atoms with E-state index in [1.54, 1.807) is 6.92 Å². The number of aromatic carboxylic acids is 1. The second kappa shape index (κ2) is 5.69. The first kappa shape index (κ1) is 14.0. The van der Waals surface area contributed by atoms with Gasteiger partial charge in [-0.05, 0) is 25.0 Å². The Morgan fingerprint density at radius 2 is 2.05 bits per heavy atom. The van der Waals surface area contributed by atoms with E-state index >= 15 is 0 Å². The van der Waals surface area contributed by atoms with E-state index in [0.29, 0.717) is 5.69 Å². The first-order valence-corrected chi connectivity index (χ1v) is 6.47. The third-order valence-corrected chi connectivity index (χ3v) is 3.05. The summed E-state index contributed by atoms with van der Waals surface area (Å²) in [6.45, 7) is 3.81. The Morgan fingerprint density at radius 3 is 2.70 bits per heavy atom. The molecule has 1 heterocycles. The lowest BCUT2D eigenvalue weighted by Crippen LogP contribution is -2.23. The molecule has 0 bridgehead atoms. The number of benzene rings is 1. The summed E-state index contributed by atoms with van der Waals surface area (Å²) < 4.78 is 1.52. The summed E-state index contributed by atoms with van der Waals surface area (Å²) in [5.74, 6) is -1.31. The SMILES string of the molecule is CCCc1ccccc1-n1nc(C(=O)O)c(=O)cc1C. The minimum absolute atomic E-state index is 0.457. The fourth-order valence-electron chi connectivity index (χ4n) is 2.14. The van der Waals surface area contributed by atoms with Crippen LogP contribution in [0.5, 0.6) is 0 Å². The number of carboxylic acid groups (broad SMARTS) is 1. The van der Waals surface area contributed by atoms with E-state index in [1.165, 1.54) is 10.7 Å². The highest BCUT2D eigenvalue weighted by atomic mass is 16.4. The Labute approximate surface area is 116 Å². The zero-order valence-electron chi connectivity index (χ0n) is 11.5. The quantitative estimate of drug-likeness (QED) is 0.926. The molecule has 2 aromatic rings. The largest absolute Gasteiger partial charge is 0.476 e. The van der Waals surface area contributed by atoms with E-state index in [9.17, 15) is 9.59 Å². The van der Waals surface area contributed by atoms with Crippen molar-refractivity contribution in [1.82, 2.24) is 9.78 Å². The van der Waals surface area contributed by atoms with Crippen LogP contribution in [0.4, 0.5) is 0 Å². The van der Waals surface area contributed by atoms with Crippen LogP contribution in [-0.4, -0.2) is 20.9 Å². The number of nitrogens with zero attached hydrogens (tertiary/aromatic N) is 2. The van der Waals surface area contributed by atoms with Crippen molar-refractivity contribution in [3.05, 3.63) is 57.5 Å². The summed E-state index contributed by atoms with van der Waals surface area (Å²) in [7, 11) is 0. The minimum Gasteiger partial charge on any atom is -0.476 e. The summed E-state index contributed by atoms with van der Waals surface area (Å²) in [5, 5.41) is 13.0. The number of hydrogen-bond acceptors (Lipinski definition) is 3. The lowest BCUT2D eigenvalue weighted by molar-refractivity contribution is 0.0686. The van der Waals surface area contributed by atoms with Crippen molar-refractivity contribution in [1.29, 1.82) is 0 Å². The molecule has 1 aromatic heterocycles. The first-order valence-electron chi connectivity index (χ1n) is 6.47. The molecule has 20 heavy (non-hydrogen) atoms. The third kappa shape index (κ3) is 2.61. The van der Waals surface area contributed by atoms with Gasteiger partial charge in [0, 0.05) is 11.8 Å². The van der Waals surface area contributed by atoms with Crippen LogP contribution in [0.2, 0.25) is 0 Å². The monoisotopic (exact) mass is 272 g/mol. The predicted octanol–water partition coefficient (Wildman–Crippen LogP) is 2.19. The molecular formula is C15H16N2O3. The van der Waals surface area contributed by atoms with Crippen LogP contribution in [0.15, 0.2) is 35.1 Å². The maximum atomic E-state index is 11.6. The van der Waals surface area contributed by atoms with Gasteiger partial charge in [-0.2, -0.15) is 5.10 Å². The van der Waals surface area contributed by atoms with Crippen molar-refractivity contribution in [2.75, 3.05) is 0 Å². The van der Waals surface area contributed by atoms with Crippen molar-refractivity contribution in [3.63, 3.8) is 0 Å². The molecule has 104 valence electrons. The van der Waals surface area contributed by atoms with E-state index in [-0.39, 0.29) is 0 Å². The molecule has 0 aliphatic carbocycles. The number of hydrogen-bond donors (Lipinski definition) is 1. The Balaban J connectivity index is 2.67. The standard InChI is InChI=1S/C15H16N2O3/c1-3-6-11-7-4-5-8-12(11)17-10(2)9-13(18)14(16-17)15(19)20/h4-5,7-9H,3,6H2,1-2H3,(H,19,20). The molecular weight excluding hydrogens is 256 g/mol. The van der Waals surface area contributed by atoms with Gasteiger partial charge >= 0.3 is 5.97 Å². The summed E-state index contributed by atoms with van der Waals surface area (Å²) in [6.07, 6.45) is 1.84. The van der Waals surface area contributed by atoms with E-state index in [2.05, 4.69) is 12.0 Å². The second-order valence-corrected chi connectivity index (χ2v) is 4.59. The number of carbonyl (C=O) groups is 1. The summed E-state index contributed by atoms with van der Waals surface area (Å²) in [4.78, 5) is 22.7. The van der Waals surface area contributed by atoms with Gasteiger partial charge in [-0.1, -0.05) is 31.5 Å². The molecule has 0 saturated carbocycles. The molecule has 0 atom stereocenters. The van der Waals surface area contributed by atoms with Crippen LogP contribution in [0.1, 0.15) is 35.1 Å². The Bertz CT molecular complexity index is 705. The third-order valence-electron chi connectivity index (χ3n) is 3.05. The molecule has 2 rings (SSSR count). The van der Waals surface area contributed by atoms with Crippen molar-refractivity contribution in [2.24, 2.45) is 0 Å². The van der Waals surface area contributed by atoms with Gasteiger partial charge in [0.05, 0.1) is 5.69 Å². The fraction of sp³-hybridized carbons (Fsp3) is 0.267. The molecule has 0 saturated heterocycles. The van der Waals surface area contributed by atoms with Gasteiger partial charge in [0.1, 0.15) is 0 Å². The highest BCUT2D eigenvalue weighted by Gasteiger charge is 2.14. The van der Waals surface area contributed by atoms with E-state index in [4.69, 9.17) is 5.11 Å². The molecule has 0 spiro atoms. The molecule has 5 nitrogen and oxygen atoms in total. The smallest absolute Gasteiger partial charge is 0.360 e. The van der Waals surface area contributed by atoms with Gasteiger partial charge in [-0.3, -0.25) is 4.79 Å². The van der Waals surface area contributed by atoms with Crippen molar-refractivity contribution < 1.29 is 9.90 Å². The van der Waals surface area contributed by atoms with Gasteiger partial charge in [0.25, 0.3) is 0 Å². The highest BCUT2D eigenvalue weighted by molar-refractivity contribution is 5.84. The zero-order chi connectivity index (χ0) is 14.7. The number of aryl methyl sites for hydroxylation is 2. The van der Waals surface area contributed by atoms with Crippen LogP contribution in [-0.2, 0) is 6.42 Å². The van der Waals surface area contributed by atoms with Crippen molar-refractivity contribution in [3.8, 4) is 5.69 Å². The minimum atomic E-state index is -1.31. The molecule has 1 aromatic carbocycles. The maximum absolute atomic E-state index is 11.6. The summed E-state index contributed by atoms with van der Waals surface area (Å²) >= 11 is 0. The molecule has 0 unspecified atom stereocenters. The molecule has 0 fully saturated rings. The molecule has 0 amide bonds.